The summed E-state index contributed by atoms with van der Waals surface area (Å²) in [6, 6.07) is 2.74. The van der Waals surface area contributed by atoms with E-state index in [1.807, 2.05) is 0 Å². The van der Waals surface area contributed by atoms with E-state index in [0.717, 1.165) is 12.1 Å². The molecule has 2 nitrogen and oxygen atoms in total. The lowest BCUT2D eigenvalue weighted by Crippen LogP contribution is -2.35. The Morgan fingerprint density at radius 2 is 1.63 bits per heavy atom. The second-order valence-electron chi connectivity index (χ2n) is 3.57. The van der Waals surface area contributed by atoms with Gasteiger partial charge < -0.3 is 0 Å². The minimum absolute atomic E-state index is 0.0233. The molecule has 0 aliphatic rings. The first-order chi connectivity index (χ1) is 8.63. The van der Waals surface area contributed by atoms with Gasteiger partial charge in [0, 0.05) is 11.5 Å². The SMILES string of the molecule is Fc1ccc2c(Cl)nc(C(F)(F)C(F)(F)F)nc2c1. The third-order valence-electron chi connectivity index (χ3n) is 2.25. The molecule has 2 aromatic rings. The zero-order valence-corrected chi connectivity index (χ0v) is 9.53. The van der Waals surface area contributed by atoms with Gasteiger partial charge in [-0.15, -0.1) is 0 Å². The van der Waals surface area contributed by atoms with Crippen LogP contribution in [0.2, 0.25) is 5.15 Å². The van der Waals surface area contributed by atoms with Crippen molar-refractivity contribution in [2.45, 2.75) is 12.1 Å². The fourth-order valence-electron chi connectivity index (χ4n) is 1.33. The first-order valence-electron chi connectivity index (χ1n) is 4.71. The average Bonchev–Trinajstić information content (AvgIpc) is 2.26. The Kier molecular flexibility index (Phi) is 3.08. The van der Waals surface area contributed by atoms with Crippen LogP contribution in [0, 0.1) is 5.82 Å². The zero-order valence-electron chi connectivity index (χ0n) is 8.77. The monoisotopic (exact) mass is 300 g/mol. The maximum atomic E-state index is 13.1. The summed E-state index contributed by atoms with van der Waals surface area (Å²) >= 11 is 5.50. The fraction of sp³-hybridized carbons (Fsp3) is 0.200. The first-order valence-corrected chi connectivity index (χ1v) is 5.08. The Bertz CT molecular complexity index is 640. The minimum Gasteiger partial charge on any atom is -0.226 e. The number of rotatable bonds is 1. The molecule has 0 bridgehead atoms. The lowest BCUT2D eigenvalue weighted by molar-refractivity contribution is -0.292. The maximum Gasteiger partial charge on any atom is 0.461 e. The van der Waals surface area contributed by atoms with Gasteiger partial charge in [0.15, 0.2) is 0 Å². The maximum absolute atomic E-state index is 13.1. The molecule has 0 atom stereocenters. The average molecular weight is 301 g/mol. The minimum atomic E-state index is -5.86. The van der Waals surface area contributed by atoms with Crippen LogP contribution in [0.4, 0.5) is 26.3 Å². The quantitative estimate of drug-likeness (QED) is 0.586. The van der Waals surface area contributed by atoms with E-state index in [4.69, 9.17) is 11.6 Å². The summed E-state index contributed by atoms with van der Waals surface area (Å²) in [6.07, 6.45) is -5.86. The molecule has 0 amide bonds. The molecular formula is C10H3ClF6N2. The summed E-state index contributed by atoms with van der Waals surface area (Å²) in [5, 5.41) is -0.631. The summed E-state index contributed by atoms with van der Waals surface area (Å²) < 4.78 is 75.6. The Morgan fingerprint density at radius 3 is 2.21 bits per heavy atom. The molecule has 0 fully saturated rings. The van der Waals surface area contributed by atoms with E-state index in [0.29, 0.717) is 6.07 Å². The van der Waals surface area contributed by atoms with Crippen LogP contribution in [0.3, 0.4) is 0 Å². The topological polar surface area (TPSA) is 25.8 Å². The standard InChI is InChI=1S/C10H3ClF6N2/c11-7-5-2-1-4(12)3-6(5)18-8(19-7)9(13,14)10(15,16)17/h1-3H. The van der Waals surface area contributed by atoms with Crippen LogP contribution in [0.15, 0.2) is 18.2 Å². The zero-order chi connectivity index (χ0) is 14.4. The molecular weight excluding hydrogens is 298 g/mol. The highest BCUT2D eigenvalue weighted by Gasteiger charge is 2.61. The van der Waals surface area contributed by atoms with Gasteiger partial charge in [-0.3, -0.25) is 0 Å². The third-order valence-corrected chi connectivity index (χ3v) is 2.54. The van der Waals surface area contributed by atoms with Crippen molar-refractivity contribution in [1.82, 2.24) is 9.97 Å². The van der Waals surface area contributed by atoms with E-state index in [2.05, 4.69) is 9.97 Å². The molecule has 0 saturated heterocycles. The number of benzene rings is 1. The summed E-state index contributed by atoms with van der Waals surface area (Å²) in [5.41, 5.74) is -0.432. The lowest BCUT2D eigenvalue weighted by Gasteiger charge is -2.18. The van der Waals surface area contributed by atoms with Gasteiger partial charge >= 0.3 is 12.1 Å². The summed E-state index contributed by atoms with van der Waals surface area (Å²) in [6.45, 7) is 0. The van der Waals surface area contributed by atoms with Crippen LogP contribution >= 0.6 is 11.6 Å². The van der Waals surface area contributed by atoms with Crippen LogP contribution in [0.25, 0.3) is 10.9 Å². The lowest BCUT2D eigenvalue weighted by atomic mass is 10.2. The highest BCUT2D eigenvalue weighted by Crippen LogP contribution is 2.43. The predicted octanol–water partition coefficient (Wildman–Crippen LogP) is 4.08. The van der Waals surface area contributed by atoms with Gasteiger partial charge in [-0.25, -0.2) is 14.4 Å². The first kappa shape index (κ1) is 13.9. The van der Waals surface area contributed by atoms with E-state index < -0.39 is 34.4 Å². The van der Waals surface area contributed by atoms with Crippen molar-refractivity contribution < 1.29 is 26.3 Å². The molecule has 9 heteroatoms. The van der Waals surface area contributed by atoms with E-state index in [1.54, 1.807) is 0 Å². The van der Waals surface area contributed by atoms with Gasteiger partial charge in [-0.1, -0.05) is 11.6 Å². The number of hydrogen-bond acceptors (Lipinski definition) is 2. The largest absolute Gasteiger partial charge is 0.461 e. The second-order valence-corrected chi connectivity index (χ2v) is 3.93. The molecule has 0 saturated carbocycles. The Morgan fingerprint density at radius 1 is 1.00 bits per heavy atom. The highest BCUT2D eigenvalue weighted by atomic mass is 35.5. The van der Waals surface area contributed by atoms with Crippen molar-refractivity contribution in [1.29, 1.82) is 0 Å². The van der Waals surface area contributed by atoms with Gasteiger partial charge in [-0.2, -0.15) is 22.0 Å². The van der Waals surface area contributed by atoms with Gasteiger partial charge in [-0.05, 0) is 12.1 Å². The molecule has 1 aromatic carbocycles. The fourth-order valence-corrected chi connectivity index (χ4v) is 1.57. The molecule has 0 aliphatic carbocycles. The third kappa shape index (κ3) is 2.32. The van der Waals surface area contributed by atoms with Crippen molar-refractivity contribution in [3.8, 4) is 0 Å². The molecule has 0 aliphatic heterocycles. The Hall–Kier alpha value is -1.57. The number of aromatic nitrogens is 2. The molecule has 102 valence electrons. The molecule has 0 unspecified atom stereocenters. The van der Waals surface area contributed by atoms with Crippen LogP contribution in [0.1, 0.15) is 5.82 Å². The molecule has 2 rings (SSSR count). The second kappa shape index (κ2) is 4.22. The summed E-state index contributed by atoms with van der Waals surface area (Å²) in [4.78, 5) is 5.96. The number of hydrogen-bond donors (Lipinski definition) is 0. The van der Waals surface area contributed by atoms with E-state index in [1.165, 1.54) is 0 Å². The van der Waals surface area contributed by atoms with E-state index in [-0.39, 0.29) is 5.39 Å². The van der Waals surface area contributed by atoms with Gasteiger partial charge in [0.25, 0.3) is 0 Å². The smallest absolute Gasteiger partial charge is 0.226 e. The molecule has 1 aromatic heterocycles. The van der Waals surface area contributed by atoms with Crippen LogP contribution < -0.4 is 0 Å². The van der Waals surface area contributed by atoms with Crippen molar-refractivity contribution in [3.05, 3.63) is 35.0 Å². The van der Waals surface area contributed by atoms with Gasteiger partial charge in [0.05, 0.1) is 5.52 Å². The number of fused-ring (bicyclic) bond motifs is 1. The van der Waals surface area contributed by atoms with Crippen molar-refractivity contribution in [2.24, 2.45) is 0 Å². The summed E-state index contributed by atoms with van der Waals surface area (Å²) in [7, 11) is 0. The summed E-state index contributed by atoms with van der Waals surface area (Å²) in [5.74, 6) is -7.93. The van der Waals surface area contributed by atoms with E-state index >= 15 is 0 Å². The van der Waals surface area contributed by atoms with Crippen LogP contribution in [-0.2, 0) is 5.92 Å². The van der Waals surface area contributed by atoms with Gasteiger partial charge in [0.1, 0.15) is 11.0 Å². The Balaban J connectivity index is 2.70. The molecule has 19 heavy (non-hydrogen) atoms. The highest BCUT2D eigenvalue weighted by molar-refractivity contribution is 6.34. The van der Waals surface area contributed by atoms with Crippen LogP contribution in [-0.4, -0.2) is 16.1 Å². The van der Waals surface area contributed by atoms with Crippen molar-refractivity contribution in [2.75, 3.05) is 0 Å². The molecule has 0 radical (unpaired) electrons. The van der Waals surface area contributed by atoms with E-state index in [9.17, 15) is 26.3 Å². The normalized spacial score (nSPS) is 13.0. The number of halogens is 7. The van der Waals surface area contributed by atoms with Crippen molar-refractivity contribution >= 4 is 22.5 Å². The number of alkyl halides is 5. The molecule has 0 spiro atoms. The van der Waals surface area contributed by atoms with Crippen LogP contribution in [0.5, 0.6) is 0 Å². The van der Waals surface area contributed by atoms with Gasteiger partial charge in [0.2, 0.25) is 5.82 Å². The molecule has 0 N–H and O–H groups in total. The predicted molar refractivity (Wildman–Crippen MR) is 54.5 cm³/mol. The molecule has 1 heterocycles. The number of nitrogens with zero attached hydrogens (tertiary/aromatic N) is 2. The Labute approximate surface area is 107 Å². The van der Waals surface area contributed by atoms with Crippen molar-refractivity contribution in [3.63, 3.8) is 0 Å².